The molecule has 15 atom stereocenters. The number of rotatable bonds is 4. The number of benzene rings is 4. The highest BCUT2D eigenvalue weighted by molar-refractivity contribution is 14.1. The number of ether oxygens (including phenoxy) is 10. The van der Waals surface area contributed by atoms with Crippen molar-refractivity contribution in [1.82, 2.24) is 0 Å². The zero-order valence-electron chi connectivity index (χ0n) is 48.1. The Hall–Kier alpha value is -6.77. The number of methoxy groups -OCH3 is 3. The van der Waals surface area contributed by atoms with Crippen molar-refractivity contribution in [1.29, 1.82) is 0 Å². The van der Waals surface area contributed by atoms with Gasteiger partial charge in [-0.15, -0.1) is 0 Å². The van der Waals surface area contributed by atoms with Crippen LogP contribution in [0.5, 0.6) is 57.5 Å². The Morgan fingerprint density at radius 2 is 0.765 bits per heavy atom. The Labute approximate surface area is 502 Å². The number of hydrogen-bond acceptors (Lipinski definition) is 26. The van der Waals surface area contributed by atoms with E-state index < -0.39 is 148 Å². The monoisotopic (exact) mass is 1310 g/mol. The van der Waals surface area contributed by atoms with Crippen LogP contribution in [0, 0.1) is 49.4 Å². The second kappa shape index (κ2) is 27.7. The highest BCUT2D eigenvalue weighted by Crippen LogP contribution is 2.54. The Kier molecular flexibility index (Phi) is 22.0. The Balaban J connectivity index is 0.000000220. The average Bonchev–Trinajstić information content (AvgIpc) is 3.24. The smallest absolute Gasteiger partial charge is 0.339 e. The maximum atomic E-state index is 13.5. The molecule has 464 valence electrons. The molecule has 3 fully saturated rings. The van der Waals surface area contributed by atoms with Gasteiger partial charge in [-0.2, -0.15) is 22.4 Å². The van der Waals surface area contributed by atoms with Crippen molar-refractivity contribution in [3.8, 4) is 79.7 Å². The number of phenols is 10. The number of cyclic esters (lactones) is 2. The Morgan fingerprint density at radius 1 is 0.459 bits per heavy atom. The SMILES string of the molecule is CO[C@H]1OC(CO)[C@@H](O)[C@H](C)C1C.CO[C@H]1OC2COC(=O)c3cc(O)c(C)c(O)c3-c3c(cc(O)c(C)c3O)C(=O)O[C@H]2[C@H](C)C1C.CO[C@H]1OC2COC(=O)c3cc(O)c(O)c(O)c3-c3c(cc(O)c(O)c3O)C(=O)O[C@H]2[C@H](C)C1C.[B]I. The molecule has 2 radical (unpaired) electrons. The summed E-state index contributed by atoms with van der Waals surface area (Å²) in [4.78, 5) is 53.0. The molecule has 6 unspecified atom stereocenters. The summed E-state index contributed by atoms with van der Waals surface area (Å²) in [7, 11) is 4.48. The number of esters is 4. The van der Waals surface area contributed by atoms with E-state index in [9.17, 15) is 75.3 Å². The van der Waals surface area contributed by atoms with Crippen LogP contribution in [-0.2, 0) is 47.4 Å². The summed E-state index contributed by atoms with van der Waals surface area (Å²) in [5.41, 5.74) is 1.04. The molecule has 85 heavy (non-hydrogen) atoms. The number of carbonyl (C=O) groups excluding carboxylic acids is 4. The molecule has 0 amide bonds. The van der Waals surface area contributed by atoms with E-state index in [2.05, 4.69) is 5.70 Å². The van der Waals surface area contributed by atoms with Crippen molar-refractivity contribution in [2.75, 3.05) is 41.2 Å². The first-order valence-corrected chi connectivity index (χ1v) is 27.8. The Morgan fingerprint density at radius 3 is 1.11 bits per heavy atom. The van der Waals surface area contributed by atoms with Crippen molar-refractivity contribution in [2.45, 2.75) is 111 Å². The zero-order chi connectivity index (χ0) is 63.5. The molecule has 4 aromatic rings. The molecule has 0 aliphatic carbocycles. The van der Waals surface area contributed by atoms with Gasteiger partial charge in [-0.25, -0.2) is 19.2 Å². The molecular formula is C57H70BIO26. The molecule has 5 aliphatic heterocycles. The van der Waals surface area contributed by atoms with Crippen LogP contribution >= 0.6 is 22.4 Å². The van der Waals surface area contributed by atoms with Crippen LogP contribution in [0.3, 0.4) is 0 Å². The standard InChI is InChI=1S/C25H28O10.C23H24O12.C9H18O4.BI/c1-9-10(2)25(32-5)34-17-8-33-23(30)13-6-15(26)11(3)20(28)18(13)19-14(24(31)35-22(9)17)7-16(27)12(4)21(19)29;1-7-8(2)23(32-3)34-13-6-33-21(30)9-4-11(24)16(26)18(28)14(9)15-10(22(31)35-20(7)13)5-12(25)17(27)19(15)29;1-5-6(2)9(12-3)13-7(4-10)8(5)11;1-2/h6-7,9-10,17,22,25-29H,8H2,1-5H3;4-5,7-8,13,20,23-29H,6H2,1-3H3;5-11H,4H2,1-3H3;/t9-,10?,17?,22+,25+;7-,8?,13?,20+,23+;5-,6?,7?,8+,9+;/m111./s1. The molecule has 0 bridgehead atoms. The molecule has 26 nitrogen and oxygen atoms in total. The lowest BCUT2D eigenvalue weighted by molar-refractivity contribution is -0.260. The number of halogens is 1. The quantitative estimate of drug-likeness (QED) is 0.0392. The van der Waals surface area contributed by atoms with Crippen LogP contribution in [0.4, 0.5) is 0 Å². The third-order valence-electron chi connectivity index (χ3n) is 16.5. The molecule has 5 aliphatic rings. The van der Waals surface area contributed by atoms with Gasteiger partial charge in [-0.1, -0.05) is 41.5 Å². The number of aliphatic hydroxyl groups is 2. The second-order valence-corrected chi connectivity index (χ2v) is 21.2. The fraction of sp³-hybridized carbons (Fsp3) is 0.509. The number of hydrogen-bond donors (Lipinski definition) is 12. The van der Waals surface area contributed by atoms with E-state index in [1.54, 1.807) is 36.4 Å². The number of phenolic OH excluding ortho intramolecular Hbond substituents is 10. The third-order valence-corrected chi connectivity index (χ3v) is 16.5. The van der Waals surface area contributed by atoms with Gasteiger partial charge in [-0.05, 0) is 44.0 Å². The molecule has 28 heteroatoms. The van der Waals surface area contributed by atoms with Gasteiger partial charge in [0.05, 0.1) is 35.0 Å². The van der Waals surface area contributed by atoms with E-state index in [1.807, 2.05) is 34.6 Å². The van der Waals surface area contributed by atoms with Crippen LogP contribution < -0.4 is 0 Å². The van der Waals surface area contributed by atoms with Crippen LogP contribution in [0.2, 0.25) is 0 Å². The van der Waals surface area contributed by atoms with Gasteiger partial charge < -0.3 is 109 Å². The number of fused-ring (bicyclic) bond motifs is 8. The highest BCUT2D eigenvalue weighted by atomic mass is 127. The number of aromatic hydroxyl groups is 10. The van der Waals surface area contributed by atoms with Gasteiger partial charge in [0, 0.05) is 84.3 Å². The summed E-state index contributed by atoms with van der Waals surface area (Å²) in [6, 6.07) is 3.72. The Bertz CT molecular complexity index is 2930. The molecule has 0 spiro atoms. The van der Waals surface area contributed by atoms with Crippen LogP contribution in [-0.4, -0.2) is 188 Å². The van der Waals surface area contributed by atoms with E-state index in [0.29, 0.717) is 0 Å². The van der Waals surface area contributed by atoms with Crippen LogP contribution in [0.15, 0.2) is 24.3 Å². The maximum absolute atomic E-state index is 13.5. The molecule has 5 heterocycles. The summed E-state index contributed by atoms with van der Waals surface area (Å²) in [6.07, 6.45) is -6.49. The van der Waals surface area contributed by atoms with Crippen molar-refractivity contribution < 1.29 is 128 Å². The normalized spacial score (nSPS) is 28.9. The van der Waals surface area contributed by atoms with Crippen molar-refractivity contribution in [3.05, 3.63) is 57.6 Å². The van der Waals surface area contributed by atoms with E-state index in [-0.39, 0.29) is 99.9 Å². The summed E-state index contributed by atoms with van der Waals surface area (Å²) >= 11 is 1.65. The van der Waals surface area contributed by atoms with Gasteiger partial charge in [0.25, 0.3) is 0 Å². The second-order valence-electron chi connectivity index (χ2n) is 21.2. The van der Waals surface area contributed by atoms with Crippen LogP contribution in [0.1, 0.15) is 94.1 Å². The lowest BCUT2D eigenvalue weighted by Gasteiger charge is -2.43. The zero-order valence-corrected chi connectivity index (χ0v) is 50.3. The predicted molar refractivity (Wildman–Crippen MR) is 304 cm³/mol. The first-order valence-electron chi connectivity index (χ1n) is 26.6. The minimum Gasteiger partial charge on any atom is -0.508 e. The summed E-state index contributed by atoms with van der Waals surface area (Å²) in [5.74, 6) is -12.9. The fourth-order valence-electron chi connectivity index (χ4n) is 10.7. The summed E-state index contributed by atoms with van der Waals surface area (Å²) in [5, 5.41) is 123. The molecule has 3 saturated heterocycles. The summed E-state index contributed by atoms with van der Waals surface area (Å²) in [6.45, 7) is 13.1. The minimum absolute atomic E-state index is 0.0123. The van der Waals surface area contributed by atoms with Gasteiger partial charge in [0.15, 0.2) is 47.6 Å². The van der Waals surface area contributed by atoms with E-state index in [4.69, 9.17) is 52.5 Å². The molecule has 0 saturated carbocycles. The molecule has 4 aromatic carbocycles. The maximum Gasteiger partial charge on any atom is 0.339 e. The molecule has 9 rings (SSSR count). The third kappa shape index (κ3) is 13.0. The lowest BCUT2D eigenvalue weighted by Crippen LogP contribution is -2.53. The fourth-order valence-corrected chi connectivity index (χ4v) is 10.7. The highest BCUT2D eigenvalue weighted by Gasteiger charge is 2.48. The summed E-state index contributed by atoms with van der Waals surface area (Å²) < 4.78 is 55.3. The van der Waals surface area contributed by atoms with Gasteiger partial charge in [0.2, 0.25) is 11.5 Å². The first kappa shape index (κ1) is 67.4. The van der Waals surface area contributed by atoms with E-state index >= 15 is 0 Å². The van der Waals surface area contributed by atoms with E-state index in [0.717, 1.165) is 24.3 Å². The largest absolute Gasteiger partial charge is 0.508 e. The predicted octanol–water partition coefficient (Wildman–Crippen LogP) is 5.55. The van der Waals surface area contributed by atoms with Crippen molar-refractivity contribution in [2.24, 2.45) is 35.5 Å². The van der Waals surface area contributed by atoms with E-state index in [1.165, 1.54) is 28.1 Å². The van der Waals surface area contributed by atoms with Crippen molar-refractivity contribution in [3.63, 3.8) is 0 Å². The lowest BCUT2D eigenvalue weighted by atomic mass is 9.84. The number of carbonyl (C=O) groups is 4. The molecular weight excluding hydrogens is 1240 g/mol. The van der Waals surface area contributed by atoms with Crippen molar-refractivity contribution >= 4 is 52.0 Å². The van der Waals surface area contributed by atoms with Gasteiger partial charge in [-0.3, -0.25) is 0 Å². The van der Waals surface area contributed by atoms with Crippen LogP contribution in [0.25, 0.3) is 22.3 Å². The molecule has 0 aromatic heterocycles. The van der Waals surface area contributed by atoms with Gasteiger partial charge in [0.1, 0.15) is 66.7 Å². The topological polar surface area (TPSA) is 403 Å². The molecule has 12 N–H and O–H groups in total. The number of aliphatic hydroxyl groups excluding tert-OH is 2. The average molecular weight is 1310 g/mol. The first-order chi connectivity index (χ1) is 40.1. The van der Waals surface area contributed by atoms with Gasteiger partial charge >= 0.3 is 23.9 Å². The minimum atomic E-state index is -1.12.